The van der Waals surface area contributed by atoms with E-state index >= 15 is 0 Å². The number of sulfonamides is 1. The van der Waals surface area contributed by atoms with Crippen molar-refractivity contribution in [2.45, 2.75) is 18.9 Å². The Morgan fingerprint density at radius 2 is 1.94 bits per heavy atom. The fraction of sp³-hybridized carbons (Fsp3) is 0.292. The zero-order chi connectivity index (χ0) is 25.9. The van der Waals surface area contributed by atoms with Crippen LogP contribution in [0, 0.1) is 5.82 Å². The minimum absolute atomic E-state index is 0.0155. The van der Waals surface area contributed by atoms with E-state index in [1.165, 1.54) is 36.0 Å². The van der Waals surface area contributed by atoms with E-state index in [1.54, 1.807) is 24.3 Å². The number of ether oxygens (including phenoxy) is 2. The number of nitrogens with zero attached hydrogens (tertiary/aromatic N) is 3. The molecule has 1 aromatic heterocycles. The van der Waals surface area contributed by atoms with E-state index in [4.69, 9.17) is 15.2 Å². The fourth-order valence-electron chi connectivity index (χ4n) is 3.87. The number of aromatic nitrogens is 2. The second-order valence-corrected chi connectivity index (χ2v) is 10.3. The van der Waals surface area contributed by atoms with Crippen LogP contribution in [-0.4, -0.2) is 61.0 Å². The standard InChI is InChI=1S/C24H26FN5O5S/c1-34-21-10-5-15(25)12-19(21)22(31)20-13-27-24(29-23(20)26)28-16-6-8-17(9-7-16)35-18-4-3-11-30(14-18)36(2,32)33/h5-10,12-13,18H,3-4,11,14H2,1-2H3,(H3,26,27,28,29). The average Bonchev–Trinajstić information content (AvgIpc) is 2.84. The van der Waals surface area contributed by atoms with Crippen LogP contribution in [0.3, 0.4) is 0 Å². The van der Waals surface area contributed by atoms with Gasteiger partial charge in [0, 0.05) is 18.4 Å². The Hall–Kier alpha value is -3.77. The van der Waals surface area contributed by atoms with Gasteiger partial charge < -0.3 is 20.5 Å². The molecule has 3 aromatic rings. The highest BCUT2D eigenvalue weighted by atomic mass is 32.2. The molecule has 1 fully saturated rings. The van der Waals surface area contributed by atoms with Crippen molar-refractivity contribution in [1.82, 2.24) is 14.3 Å². The molecule has 0 amide bonds. The molecule has 2 aromatic carbocycles. The summed E-state index contributed by atoms with van der Waals surface area (Å²) in [7, 11) is -1.87. The molecule has 1 aliphatic rings. The number of piperidine rings is 1. The van der Waals surface area contributed by atoms with Crippen LogP contribution < -0.4 is 20.5 Å². The Labute approximate surface area is 208 Å². The van der Waals surface area contributed by atoms with Gasteiger partial charge in [-0.25, -0.2) is 17.8 Å². The lowest BCUT2D eigenvalue weighted by Gasteiger charge is -2.31. The minimum Gasteiger partial charge on any atom is -0.496 e. The van der Waals surface area contributed by atoms with Crippen LogP contribution in [-0.2, 0) is 10.0 Å². The number of hydrogen-bond donors (Lipinski definition) is 2. The third kappa shape index (κ3) is 5.89. The van der Waals surface area contributed by atoms with Gasteiger partial charge in [0.25, 0.3) is 0 Å². The number of rotatable bonds is 8. The summed E-state index contributed by atoms with van der Waals surface area (Å²) in [5.74, 6) is -0.236. The van der Waals surface area contributed by atoms with Crippen LogP contribution in [0.1, 0.15) is 28.8 Å². The highest BCUT2D eigenvalue weighted by Gasteiger charge is 2.27. The Balaban J connectivity index is 1.42. The molecule has 0 radical (unpaired) electrons. The van der Waals surface area contributed by atoms with Gasteiger partial charge in [0.1, 0.15) is 29.2 Å². The number of ketones is 1. The lowest BCUT2D eigenvalue weighted by molar-refractivity contribution is 0.103. The summed E-state index contributed by atoms with van der Waals surface area (Å²) in [5, 5.41) is 3.00. The molecule has 10 nitrogen and oxygen atoms in total. The summed E-state index contributed by atoms with van der Waals surface area (Å²) >= 11 is 0. The normalized spacial score (nSPS) is 16.4. The number of anilines is 3. The number of benzene rings is 2. The fourth-order valence-corrected chi connectivity index (χ4v) is 4.77. The lowest BCUT2D eigenvalue weighted by atomic mass is 10.0. The first-order chi connectivity index (χ1) is 17.1. The number of nitrogen functional groups attached to an aromatic ring is 1. The number of halogens is 1. The van der Waals surface area contributed by atoms with Gasteiger partial charge in [-0.3, -0.25) is 4.79 Å². The zero-order valence-corrected chi connectivity index (χ0v) is 20.6. The van der Waals surface area contributed by atoms with E-state index in [0.717, 1.165) is 18.9 Å². The number of hydrogen-bond acceptors (Lipinski definition) is 9. The monoisotopic (exact) mass is 515 g/mol. The lowest BCUT2D eigenvalue weighted by Crippen LogP contribution is -2.43. The van der Waals surface area contributed by atoms with Crippen LogP contribution in [0.4, 0.5) is 21.8 Å². The summed E-state index contributed by atoms with van der Waals surface area (Å²) in [5.41, 5.74) is 6.68. The van der Waals surface area contributed by atoms with Crippen molar-refractivity contribution in [3.63, 3.8) is 0 Å². The number of carbonyl (C=O) groups excluding carboxylic acids is 1. The molecule has 0 saturated carbocycles. The predicted molar refractivity (Wildman–Crippen MR) is 133 cm³/mol. The molecular weight excluding hydrogens is 489 g/mol. The van der Waals surface area contributed by atoms with E-state index < -0.39 is 21.6 Å². The quantitative estimate of drug-likeness (QED) is 0.434. The van der Waals surface area contributed by atoms with Crippen LogP contribution in [0.25, 0.3) is 0 Å². The Bertz CT molecular complexity index is 1370. The molecule has 4 rings (SSSR count). The Morgan fingerprint density at radius 1 is 1.19 bits per heavy atom. The van der Waals surface area contributed by atoms with Crippen molar-refractivity contribution < 1.29 is 27.1 Å². The topological polar surface area (TPSA) is 137 Å². The van der Waals surface area contributed by atoms with Crippen molar-refractivity contribution in [2.24, 2.45) is 0 Å². The van der Waals surface area contributed by atoms with Crippen LogP contribution in [0.5, 0.6) is 11.5 Å². The molecule has 1 saturated heterocycles. The number of carbonyl (C=O) groups is 1. The van der Waals surface area contributed by atoms with Gasteiger partial charge in [0.2, 0.25) is 21.8 Å². The van der Waals surface area contributed by atoms with Crippen LogP contribution >= 0.6 is 0 Å². The summed E-state index contributed by atoms with van der Waals surface area (Å²) in [4.78, 5) is 21.2. The third-order valence-corrected chi connectivity index (χ3v) is 6.96. The van der Waals surface area contributed by atoms with Crippen molar-refractivity contribution in [1.29, 1.82) is 0 Å². The molecule has 12 heteroatoms. The van der Waals surface area contributed by atoms with E-state index in [0.29, 0.717) is 24.5 Å². The molecule has 3 N–H and O–H groups in total. The molecule has 36 heavy (non-hydrogen) atoms. The summed E-state index contributed by atoms with van der Waals surface area (Å²) in [6, 6.07) is 10.6. The maximum absolute atomic E-state index is 13.7. The smallest absolute Gasteiger partial charge is 0.229 e. The molecule has 0 spiro atoms. The van der Waals surface area contributed by atoms with Crippen LogP contribution in [0.2, 0.25) is 0 Å². The number of methoxy groups -OCH3 is 1. The second kappa shape index (κ2) is 10.5. The van der Waals surface area contributed by atoms with E-state index in [1.807, 2.05) is 0 Å². The van der Waals surface area contributed by atoms with E-state index in [-0.39, 0.29) is 34.7 Å². The average molecular weight is 516 g/mol. The van der Waals surface area contributed by atoms with E-state index in [2.05, 4.69) is 15.3 Å². The maximum atomic E-state index is 13.7. The Morgan fingerprint density at radius 3 is 2.61 bits per heavy atom. The first-order valence-corrected chi connectivity index (χ1v) is 13.0. The van der Waals surface area contributed by atoms with E-state index in [9.17, 15) is 17.6 Å². The maximum Gasteiger partial charge on any atom is 0.229 e. The molecular formula is C24H26FN5O5S. The SMILES string of the molecule is COc1ccc(F)cc1C(=O)c1cnc(Nc2ccc(OC3CCCN(S(C)(=O)=O)C3)cc2)nc1N. The zero-order valence-electron chi connectivity index (χ0n) is 19.8. The number of nitrogens with two attached hydrogens (primary N) is 1. The highest BCUT2D eigenvalue weighted by Crippen LogP contribution is 2.26. The first kappa shape index (κ1) is 25.3. The summed E-state index contributed by atoms with van der Waals surface area (Å²) in [6.07, 6.45) is 3.75. The largest absolute Gasteiger partial charge is 0.496 e. The molecule has 190 valence electrons. The third-order valence-electron chi connectivity index (χ3n) is 5.69. The van der Waals surface area contributed by atoms with Gasteiger partial charge in [-0.05, 0) is 55.3 Å². The van der Waals surface area contributed by atoms with Crippen molar-refractivity contribution >= 4 is 33.3 Å². The molecule has 0 aliphatic carbocycles. The van der Waals surface area contributed by atoms with Crippen molar-refractivity contribution in [3.05, 3.63) is 65.6 Å². The van der Waals surface area contributed by atoms with Crippen LogP contribution in [0.15, 0.2) is 48.7 Å². The highest BCUT2D eigenvalue weighted by molar-refractivity contribution is 7.88. The molecule has 1 unspecified atom stereocenters. The molecule has 1 aliphatic heterocycles. The van der Waals surface area contributed by atoms with Gasteiger partial charge in [0.15, 0.2) is 0 Å². The van der Waals surface area contributed by atoms with Gasteiger partial charge in [-0.1, -0.05) is 0 Å². The number of nitrogens with one attached hydrogen (secondary N) is 1. The van der Waals surface area contributed by atoms with Crippen molar-refractivity contribution in [2.75, 3.05) is 37.5 Å². The predicted octanol–water partition coefficient (Wildman–Crippen LogP) is 2.98. The Kier molecular flexibility index (Phi) is 7.36. The van der Waals surface area contributed by atoms with Gasteiger partial charge in [-0.2, -0.15) is 9.29 Å². The molecule has 2 heterocycles. The van der Waals surface area contributed by atoms with Gasteiger partial charge in [-0.15, -0.1) is 0 Å². The molecule has 0 bridgehead atoms. The summed E-state index contributed by atoms with van der Waals surface area (Å²) < 4.78 is 49.8. The minimum atomic E-state index is -3.25. The van der Waals surface area contributed by atoms with Gasteiger partial charge in [0.05, 0.1) is 31.0 Å². The first-order valence-electron chi connectivity index (χ1n) is 11.1. The van der Waals surface area contributed by atoms with Gasteiger partial charge >= 0.3 is 0 Å². The summed E-state index contributed by atoms with van der Waals surface area (Å²) in [6.45, 7) is 0.823. The molecule has 1 atom stereocenters. The second-order valence-electron chi connectivity index (χ2n) is 8.32. The van der Waals surface area contributed by atoms with Crippen molar-refractivity contribution in [3.8, 4) is 11.5 Å².